The smallest absolute Gasteiger partial charge is 0.229 e. The highest BCUT2D eigenvalue weighted by Crippen LogP contribution is 2.61. The minimum absolute atomic E-state index is 0.0672. The number of fused-ring (bicyclic) bond motifs is 8. The summed E-state index contributed by atoms with van der Waals surface area (Å²) in [5.74, 6) is 0. The maximum absolute atomic E-state index is 2.71. The van der Waals surface area contributed by atoms with Gasteiger partial charge in [-0.05, 0) is 102 Å². The highest BCUT2D eigenvalue weighted by atomic mass is 15.2. The Bertz CT molecular complexity index is 2470. The van der Waals surface area contributed by atoms with Gasteiger partial charge in [0.05, 0.1) is 6.04 Å². The third kappa shape index (κ3) is 5.22. The molecule has 2 unspecified atom stereocenters. The molecule has 0 fully saturated rings. The molecule has 3 heteroatoms. The van der Waals surface area contributed by atoms with Crippen LogP contribution in [0.2, 0.25) is 5.31 Å². The largest absolute Gasteiger partial charge is 0.334 e. The zero-order chi connectivity index (χ0) is 37.9. The summed E-state index contributed by atoms with van der Waals surface area (Å²) < 4.78 is 0. The van der Waals surface area contributed by atoms with E-state index in [1.807, 2.05) is 0 Å². The van der Waals surface area contributed by atoms with Gasteiger partial charge < -0.3 is 9.80 Å². The van der Waals surface area contributed by atoms with E-state index >= 15 is 0 Å². The molecule has 0 spiro atoms. The monoisotopic (exact) mass is 704 g/mol. The van der Waals surface area contributed by atoms with Crippen molar-refractivity contribution in [2.75, 3.05) is 9.80 Å². The van der Waals surface area contributed by atoms with Crippen LogP contribution in [-0.4, -0.2) is 6.71 Å². The zero-order valence-corrected chi connectivity index (χ0v) is 33.8. The fraction of sp³-hybridized carbons (Fsp3) is 0.294. The van der Waals surface area contributed by atoms with Gasteiger partial charge in [-0.2, -0.15) is 0 Å². The molecule has 270 valence electrons. The molecular weight excluding hydrogens is 651 g/mol. The minimum atomic E-state index is -0.262. The molecule has 0 saturated carbocycles. The molecule has 2 aliphatic heterocycles. The van der Waals surface area contributed by atoms with E-state index in [1.165, 1.54) is 78.0 Å². The highest BCUT2D eigenvalue weighted by molar-refractivity contribution is 6.93. The second-order valence-corrected chi connectivity index (χ2v) is 19.4. The molecule has 0 N–H and O–H groups in total. The van der Waals surface area contributed by atoms with Gasteiger partial charge in [0.2, 0.25) is 6.71 Å². The Morgan fingerprint density at radius 3 is 1.80 bits per heavy atom. The molecule has 0 amide bonds. The van der Waals surface area contributed by atoms with Gasteiger partial charge in [-0.1, -0.05) is 166 Å². The summed E-state index contributed by atoms with van der Waals surface area (Å²) in [6.45, 7) is 23.6. The Morgan fingerprint density at radius 2 is 1.15 bits per heavy atom. The first kappa shape index (κ1) is 34.7. The van der Waals surface area contributed by atoms with Gasteiger partial charge in [0.15, 0.2) is 0 Å². The Morgan fingerprint density at radius 1 is 0.574 bits per heavy atom. The third-order valence-corrected chi connectivity index (χ3v) is 12.6. The molecule has 2 heterocycles. The van der Waals surface area contributed by atoms with Crippen LogP contribution in [-0.2, 0) is 16.2 Å². The van der Waals surface area contributed by atoms with E-state index in [-0.39, 0.29) is 34.3 Å². The van der Waals surface area contributed by atoms with Crippen molar-refractivity contribution in [1.29, 1.82) is 0 Å². The van der Waals surface area contributed by atoms with E-state index in [2.05, 4.69) is 213 Å². The topological polar surface area (TPSA) is 6.48 Å². The number of benzene rings is 6. The molecule has 0 saturated heterocycles. The zero-order valence-electron chi connectivity index (χ0n) is 33.8. The van der Waals surface area contributed by atoms with Gasteiger partial charge in [0.1, 0.15) is 0 Å². The van der Waals surface area contributed by atoms with Gasteiger partial charge in [-0.25, -0.2) is 0 Å². The quantitative estimate of drug-likeness (QED) is 0.166. The molecule has 0 aromatic heterocycles. The van der Waals surface area contributed by atoms with Crippen LogP contribution in [0.1, 0.15) is 103 Å². The fourth-order valence-electron chi connectivity index (χ4n) is 9.62. The van der Waals surface area contributed by atoms with E-state index in [4.69, 9.17) is 0 Å². The number of hydrogen-bond donors (Lipinski definition) is 0. The summed E-state index contributed by atoms with van der Waals surface area (Å²) in [6, 6.07) is 46.9. The van der Waals surface area contributed by atoms with Gasteiger partial charge in [0.25, 0.3) is 0 Å². The lowest BCUT2D eigenvalue weighted by molar-refractivity contribution is 0.550. The lowest BCUT2D eigenvalue weighted by atomic mass is 9.22. The number of hydrogen-bond acceptors (Lipinski definition) is 2. The third-order valence-electron chi connectivity index (χ3n) is 12.6. The minimum Gasteiger partial charge on any atom is -0.334 e. The van der Waals surface area contributed by atoms with Crippen molar-refractivity contribution in [3.05, 3.63) is 155 Å². The predicted molar refractivity (Wildman–Crippen MR) is 235 cm³/mol. The van der Waals surface area contributed by atoms with Crippen molar-refractivity contribution in [1.82, 2.24) is 0 Å². The van der Waals surface area contributed by atoms with Crippen LogP contribution >= 0.6 is 0 Å². The summed E-state index contributed by atoms with van der Waals surface area (Å²) in [7, 11) is 0. The van der Waals surface area contributed by atoms with Crippen LogP contribution in [0.4, 0.5) is 28.4 Å². The molecule has 2 nitrogen and oxygen atoms in total. The average molecular weight is 705 g/mol. The van der Waals surface area contributed by atoms with Gasteiger partial charge in [-0.3, -0.25) is 0 Å². The van der Waals surface area contributed by atoms with Crippen LogP contribution in [0, 0.1) is 0 Å². The van der Waals surface area contributed by atoms with Crippen molar-refractivity contribution in [2.45, 2.75) is 96.8 Å². The Hall–Kier alpha value is -5.02. The first-order valence-corrected chi connectivity index (χ1v) is 19.8. The van der Waals surface area contributed by atoms with Crippen LogP contribution in [0.25, 0.3) is 16.8 Å². The number of rotatable bonds is 2. The Labute approximate surface area is 323 Å². The number of anilines is 5. The molecule has 1 aliphatic carbocycles. The van der Waals surface area contributed by atoms with Gasteiger partial charge in [-0.15, -0.1) is 0 Å². The molecule has 0 bridgehead atoms. The molecule has 6 aromatic carbocycles. The van der Waals surface area contributed by atoms with E-state index < -0.39 is 0 Å². The maximum Gasteiger partial charge on any atom is 0.229 e. The van der Waals surface area contributed by atoms with Gasteiger partial charge >= 0.3 is 0 Å². The Kier molecular flexibility index (Phi) is 7.55. The van der Waals surface area contributed by atoms with Crippen molar-refractivity contribution in [3.8, 4) is 0 Å². The molecular formula is C51H53BN2. The predicted octanol–water partition coefficient (Wildman–Crippen LogP) is 12.8. The van der Waals surface area contributed by atoms with E-state index in [0.29, 0.717) is 0 Å². The van der Waals surface area contributed by atoms with Crippen LogP contribution < -0.4 is 20.7 Å². The summed E-state index contributed by atoms with van der Waals surface area (Å²) in [6.07, 6.45) is 4.96. The SMILES string of the molecule is CC(C)(C)c1ccc(N2c3cc(C(C)(C)C)cc4c3B(c3ccc5ccccc5c32)C2(C)C=Cc3ccccc3C2N4c2ccc(C(C)(C)C)cc2)cc1. The van der Waals surface area contributed by atoms with Crippen molar-refractivity contribution in [3.63, 3.8) is 0 Å². The molecule has 6 aromatic rings. The van der Waals surface area contributed by atoms with Crippen LogP contribution in [0.15, 0.2) is 127 Å². The number of nitrogens with zero attached hydrogens (tertiary/aromatic N) is 2. The first-order chi connectivity index (χ1) is 25.6. The van der Waals surface area contributed by atoms with Crippen molar-refractivity contribution < 1.29 is 0 Å². The molecule has 3 aliphatic rings. The van der Waals surface area contributed by atoms with E-state index in [9.17, 15) is 0 Å². The first-order valence-electron chi connectivity index (χ1n) is 19.8. The second kappa shape index (κ2) is 11.7. The molecule has 9 rings (SSSR count). The van der Waals surface area contributed by atoms with E-state index in [0.717, 1.165) is 0 Å². The van der Waals surface area contributed by atoms with Crippen molar-refractivity contribution in [2.24, 2.45) is 0 Å². The molecule has 54 heavy (non-hydrogen) atoms. The summed E-state index contributed by atoms with van der Waals surface area (Å²) >= 11 is 0. The lowest BCUT2D eigenvalue weighted by Crippen LogP contribution is -2.63. The fourth-order valence-corrected chi connectivity index (χ4v) is 9.62. The highest BCUT2D eigenvalue weighted by Gasteiger charge is 2.57. The van der Waals surface area contributed by atoms with Crippen molar-refractivity contribution >= 4 is 62.9 Å². The van der Waals surface area contributed by atoms with Crippen LogP contribution in [0.3, 0.4) is 0 Å². The summed E-state index contributed by atoms with van der Waals surface area (Å²) in [5, 5.41) is 2.30. The second-order valence-electron chi connectivity index (χ2n) is 19.4. The summed E-state index contributed by atoms with van der Waals surface area (Å²) in [5.41, 5.74) is 15.9. The average Bonchev–Trinajstić information content (AvgIpc) is 3.13. The standard InChI is InChI=1S/C51H53BN2/c1-48(2,3)35-20-24-38(25-21-35)53-43-31-37(50(7,8)9)32-44-45(43)52(42-28-19-33-15-11-13-17-40(33)46(42)53)51(10)30-29-34-16-12-14-18-41(34)47(51)54(44)39-26-22-36(23-27-39)49(4,5)6/h11-32,47H,1-10H3. The van der Waals surface area contributed by atoms with E-state index in [1.54, 1.807) is 0 Å². The molecule has 0 radical (unpaired) electrons. The van der Waals surface area contributed by atoms with Crippen LogP contribution in [0.5, 0.6) is 0 Å². The lowest BCUT2D eigenvalue weighted by Gasteiger charge is -2.57. The normalized spacial score (nSPS) is 19.0. The maximum atomic E-state index is 2.71. The Balaban J connectivity index is 1.42. The summed E-state index contributed by atoms with van der Waals surface area (Å²) in [4.78, 5) is 5.33. The molecule has 2 atom stereocenters. The van der Waals surface area contributed by atoms with Gasteiger partial charge in [0, 0.05) is 33.8 Å².